The van der Waals surface area contributed by atoms with Crippen molar-refractivity contribution in [2.45, 2.75) is 31.7 Å². The largest absolute Gasteiger partial charge is 0.432 e. The molecule has 21 heavy (non-hydrogen) atoms. The lowest BCUT2D eigenvalue weighted by Gasteiger charge is -2.20. The fraction of sp³-hybridized carbons (Fsp3) is 0.375. The van der Waals surface area contributed by atoms with Crippen molar-refractivity contribution in [2.24, 2.45) is 0 Å². The van der Waals surface area contributed by atoms with Crippen molar-refractivity contribution < 1.29 is 4.74 Å². The van der Waals surface area contributed by atoms with E-state index in [1.165, 1.54) is 5.56 Å². The molecule has 0 bridgehead atoms. The van der Waals surface area contributed by atoms with Gasteiger partial charge in [0.1, 0.15) is 0 Å². The third-order valence-electron chi connectivity index (χ3n) is 4.02. The minimum atomic E-state index is -0.145. The maximum Gasteiger partial charge on any atom is 0.313 e. The zero-order valence-corrected chi connectivity index (χ0v) is 11.7. The van der Waals surface area contributed by atoms with Gasteiger partial charge in [0.2, 0.25) is 0 Å². The molecular formula is C16H17N3O2. The van der Waals surface area contributed by atoms with Crippen molar-refractivity contribution in [3.63, 3.8) is 0 Å². The molecule has 1 aromatic carbocycles. The van der Waals surface area contributed by atoms with E-state index in [1.54, 1.807) is 17.0 Å². The molecule has 0 amide bonds. The average molecular weight is 283 g/mol. The summed E-state index contributed by atoms with van der Waals surface area (Å²) in [7, 11) is 0. The Kier molecular flexibility index (Phi) is 2.91. The van der Waals surface area contributed by atoms with Gasteiger partial charge in [0.25, 0.3) is 5.88 Å². The minimum absolute atomic E-state index is 0.145. The van der Waals surface area contributed by atoms with E-state index in [1.807, 2.05) is 12.1 Å². The van der Waals surface area contributed by atoms with Crippen molar-refractivity contribution in [2.75, 3.05) is 11.9 Å². The van der Waals surface area contributed by atoms with Gasteiger partial charge in [-0.25, -0.2) is 4.98 Å². The molecule has 2 aliphatic rings. The Bertz CT molecular complexity index is 735. The summed E-state index contributed by atoms with van der Waals surface area (Å²) >= 11 is 0. The molecule has 1 saturated carbocycles. The Balaban J connectivity index is 1.70. The Morgan fingerprint density at radius 2 is 2.24 bits per heavy atom. The van der Waals surface area contributed by atoms with Crippen LogP contribution in [0.4, 0.5) is 5.69 Å². The van der Waals surface area contributed by atoms with Gasteiger partial charge in [0, 0.05) is 25.0 Å². The molecular weight excluding hydrogens is 266 g/mol. The fourth-order valence-electron chi connectivity index (χ4n) is 2.78. The minimum Gasteiger partial charge on any atom is -0.432 e. The van der Waals surface area contributed by atoms with Gasteiger partial charge in [-0.3, -0.25) is 4.79 Å². The summed E-state index contributed by atoms with van der Waals surface area (Å²) < 4.78 is 7.55. The van der Waals surface area contributed by atoms with Gasteiger partial charge in [-0.15, -0.1) is 0 Å². The van der Waals surface area contributed by atoms with Crippen LogP contribution in [-0.2, 0) is 6.42 Å². The second-order valence-electron chi connectivity index (χ2n) is 5.60. The first-order chi connectivity index (χ1) is 10.3. The number of hydrogen-bond acceptors (Lipinski definition) is 4. The van der Waals surface area contributed by atoms with Crippen LogP contribution in [0.2, 0.25) is 0 Å². The number of aromatic nitrogens is 2. The number of hydrogen-bond donors (Lipinski definition) is 1. The summed E-state index contributed by atoms with van der Waals surface area (Å²) in [6.07, 6.45) is 7.66. The summed E-state index contributed by atoms with van der Waals surface area (Å²) in [5.74, 6) is 0.843. The molecule has 1 N–H and O–H groups in total. The van der Waals surface area contributed by atoms with E-state index in [2.05, 4.69) is 16.4 Å². The molecule has 5 heteroatoms. The molecule has 2 heterocycles. The summed E-state index contributed by atoms with van der Waals surface area (Å²) in [4.78, 5) is 16.5. The maximum atomic E-state index is 12.4. The summed E-state index contributed by atoms with van der Waals surface area (Å²) in [5, 5.41) is 3.36. The monoisotopic (exact) mass is 283 g/mol. The van der Waals surface area contributed by atoms with Crippen LogP contribution in [0.25, 0.3) is 0 Å². The predicted molar refractivity (Wildman–Crippen MR) is 80.1 cm³/mol. The number of nitrogens with zero attached hydrogens (tertiary/aromatic N) is 2. The Morgan fingerprint density at radius 3 is 3.10 bits per heavy atom. The van der Waals surface area contributed by atoms with Crippen molar-refractivity contribution in [3.05, 3.63) is 46.5 Å². The highest BCUT2D eigenvalue weighted by atomic mass is 16.5. The smallest absolute Gasteiger partial charge is 0.313 e. The number of para-hydroxylation sites is 1. The molecule has 2 aromatic rings. The average Bonchev–Trinajstić information content (AvgIpc) is 3.34. The lowest BCUT2D eigenvalue weighted by atomic mass is 10.0. The van der Waals surface area contributed by atoms with E-state index in [-0.39, 0.29) is 11.4 Å². The van der Waals surface area contributed by atoms with Gasteiger partial charge in [-0.05, 0) is 37.3 Å². The van der Waals surface area contributed by atoms with Gasteiger partial charge in [0.05, 0.1) is 5.69 Å². The van der Waals surface area contributed by atoms with E-state index in [0.29, 0.717) is 11.8 Å². The molecule has 1 aromatic heterocycles. The molecule has 0 spiro atoms. The number of fused-ring (bicyclic) bond motifs is 1. The first-order valence-electron chi connectivity index (χ1n) is 7.44. The second-order valence-corrected chi connectivity index (χ2v) is 5.60. The number of rotatable bonds is 3. The molecule has 0 radical (unpaired) electrons. The van der Waals surface area contributed by atoms with Crippen LogP contribution in [0.1, 0.15) is 30.9 Å². The van der Waals surface area contributed by atoms with Crippen LogP contribution in [0.15, 0.2) is 35.4 Å². The number of aryl methyl sites for hydroxylation is 1. The van der Waals surface area contributed by atoms with Gasteiger partial charge >= 0.3 is 5.56 Å². The Hall–Kier alpha value is -2.30. The third-order valence-corrected chi connectivity index (χ3v) is 4.02. The highest BCUT2D eigenvalue weighted by Crippen LogP contribution is 2.35. The summed E-state index contributed by atoms with van der Waals surface area (Å²) in [6, 6.07) is 6.26. The van der Waals surface area contributed by atoms with Crippen molar-refractivity contribution in [1.82, 2.24) is 9.55 Å². The quantitative estimate of drug-likeness (QED) is 0.941. The standard InChI is InChI=1S/C16H17N3O2/c20-16-15(18-9-10-19(16)12-6-7-12)21-13-5-1-3-11-4-2-8-17-14(11)13/h1,3,5,9-10,12,17H,2,4,6-8H2. The molecule has 1 aliphatic carbocycles. The number of anilines is 1. The summed E-state index contributed by atoms with van der Waals surface area (Å²) in [5.41, 5.74) is 2.08. The van der Waals surface area contributed by atoms with E-state index < -0.39 is 0 Å². The highest BCUT2D eigenvalue weighted by molar-refractivity contribution is 5.63. The van der Waals surface area contributed by atoms with E-state index in [4.69, 9.17) is 4.74 Å². The van der Waals surface area contributed by atoms with Crippen molar-refractivity contribution in [1.29, 1.82) is 0 Å². The van der Waals surface area contributed by atoms with E-state index in [9.17, 15) is 4.79 Å². The third kappa shape index (κ3) is 2.28. The predicted octanol–water partition coefficient (Wildman–Crippen LogP) is 2.73. The van der Waals surface area contributed by atoms with Crippen LogP contribution >= 0.6 is 0 Å². The summed E-state index contributed by atoms with van der Waals surface area (Å²) in [6.45, 7) is 0.932. The van der Waals surface area contributed by atoms with Crippen LogP contribution in [0.3, 0.4) is 0 Å². The van der Waals surface area contributed by atoms with Gasteiger partial charge in [0.15, 0.2) is 5.75 Å². The molecule has 0 atom stereocenters. The molecule has 0 saturated heterocycles. The van der Waals surface area contributed by atoms with Gasteiger partial charge < -0.3 is 14.6 Å². The first-order valence-corrected chi connectivity index (χ1v) is 7.44. The molecule has 1 aliphatic heterocycles. The van der Waals surface area contributed by atoms with Gasteiger partial charge in [-0.1, -0.05) is 12.1 Å². The lowest BCUT2D eigenvalue weighted by molar-refractivity contribution is 0.445. The van der Waals surface area contributed by atoms with E-state index >= 15 is 0 Å². The Morgan fingerprint density at radius 1 is 1.33 bits per heavy atom. The maximum absolute atomic E-state index is 12.4. The lowest BCUT2D eigenvalue weighted by Crippen LogP contribution is -2.21. The highest BCUT2D eigenvalue weighted by Gasteiger charge is 2.26. The number of ether oxygens (including phenoxy) is 1. The van der Waals surface area contributed by atoms with Crippen LogP contribution in [0, 0.1) is 0 Å². The van der Waals surface area contributed by atoms with E-state index in [0.717, 1.165) is 37.9 Å². The number of nitrogens with one attached hydrogen (secondary N) is 1. The zero-order chi connectivity index (χ0) is 14.2. The molecule has 4 rings (SSSR count). The van der Waals surface area contributed by atoms with Crippen molar-refractivity contribution >= 4 is 5.69 Å². The Labute approximate surface area is 122 Å². The topological polar surface area (TPSA) is 56.1 Å². The molecule has 1 fully saturated rings. The van der Waals surface area contributed by atoms with Gasteiger partial charge in [-0.2, -0.15) is 0 Å². The normalized spacial score (nSPS) is 17.0. The zero-order valence-electron chi connectivity index (χ0n) is 11.7. The van der Waals surface area contributed by atoms with Crippen molar-refractivity contribution in [3.8, 4) is 11.6 Å². The number of benzene rings is 1. The molecule has 0 unspecified atom stereocenters. The van der Waals surface area contributed by atoms with Crippen LogP contribution < -0.4 is 15.6 Å². The fourth-order valence-corrected chi connectivity index (χ4v) is 2.78. The molecule has 108 valence electrons. The first kappa shape index (κ1) is 12.4. The SMILES string of the molecule is O=c1c(Oc2cccc3c2NCCC3)nccn1C1CC1. The second kappa shape index (κ2) is 4.91. The van der Waals surface area contributed by atoms with Crippen LogP contribution in [-0.4, -0.2) is 16.1 Å². The molecule has 5 nitrogen and oxygen atoms in total. The van der Waals surface area contributed by atoms with Crippen LogP contribution in [0.5, 0.6) is 11.6 Å².